The first-order chi connectivity index (χ1) is 17.9. The number of halogens is 3. The molecule has 212 valence electrons. The molecule has 2 fully saturated rings. The highest BCUT2D eigenvalue weighted by molar-refractivity contribution is 7.15. The van der Waals surface area contributed by atoms with Gasteiger partial charge in [-0.1, -0.05) is 34.6 Å². The molecular formula is C24H29F3N6O5S. The number of carbonyl (C=O) groups is 4. The van der Waals surface area contributed by atoms with Crippen molar-refractivity contribution in [2.75, 3.05) is 6.54 Å². The average Bonchev–Trinajstić information content (AvgIpc) is 3.22. The number of piperidine rings is 1. The van der Waals surface area contributed by atoms with Crippen LogP contribution in [0.15, 0.2) is 22.4 Å². The Hall–Kier alpha value is -3.49. The van der Waals surface area contributed by atoms with Gasteiger partial charge in [-0.25, -0.2) is 4.98 Å². The normalized spacial score (nSPS) is 23.6. The number of nitrogens with zero attached hydrogens (tertiary/aromatic N) is 3. The number of alkyl halides is 3. The molecule has 0 aromatic carbocycles. The van der Waals surface area contributed by atoms with Crippen LogP contribution < -0.4 is 21.9 Å². The molecule has 4 N–H and O–H groups in total. The van der Waals surface area contributed by atoms with E-state index in [4.69, 9.17) is 5.73 Å². The van der Waals surface area contributed by atoms with E-state index in [2.05, 4.69) is 10.3 Å². The summed E-state index contributed by atoms with van der Waals surface area (Å²) in [5.74, 6) is -5.37. The summed E-state index contributed by atoms with van der Waals surface area (Å²) < 4.78 is 40.3. The van der Waals surface area contributed by atoms with Crippen LogP contribution in [-0.2, 0) is 19.2 Å². The summed E-state index contributed by atoms with van der Waals surface area (Å²) in [6, 6.07) is -3.17. The van der Waals surface area contributed by atoms with Crippen molar-refractivity contribution in [3.8, 4) is 0 Å². The fourth-order valence-corrected chi connectivity index (χ4v) is 6.09. The minimum absolute atomic E-state index is 0.0745. The lowest BCUT2D eigenvalue weighted by Crippen LogP contribution is -2.61. The SMILES string of the molecule is CC(C)(C)[C@H](NC(=O)C(F)(F)F)C(=O)N1C[C@H]2[C@@H]([C@H]1C(=O)NC(C(N)=O)c1cc(=O)n3ccsc3n1)C2(C)C. The summed E-state index contributed by atoms with van der Waals surface area (Å²) in [4.78, 5) is 69.5. The molecule has 39 heavy (non-hydrogen) atoms. The molecule has 0 bridgehead atoms. The Labute approximate surface area is 224 Å². The second-order valence-electron chi connectivity index (χ2n) is 11.6. The third-order valence-electron chi connectivity index (χ3n) is 7.60. The van der Waals surface area contributed by atoms with Gasteiger partial charge in [0.25, 0.3) is 5.56 Å². The quantitative estimate of drug-likeness (QED) is 0.470. The Bertz CT molecular complexity index is 1410. The summed E-state index contributed by atoms with van der Waals surface area (Å²) >= 11 is 1.13. The van der Waals surface area contributed by atoms with E-state index >= 15 is 0 Å². The zero-order valence-corrected chi connectivity index (χ0v) is 22.6. The lowest BCUT2D eigenvalue weighted by Gasteiger charge is -2.38. The molecule has 0 spiro atoms. The van der Waals surface area contributed by atoms with Gasteiger partial charge in [0, 0.05) is 24.2 Å². The first kappa shape index (κ1) is 28.5. The van der Waals surface area contributed by atoms with Crippen molar-refractivity contribution in [1.82, 2.24) is 24.9 Å². The number of hydrogen-bond donors (Lipinski definition) is 3. The summed E-state index contributed by atoms with van der Waals surface area (Å²) in [6.07, 6.45) is -3.71. The Morgan fingerprint density at radius 3 is 2.38 bits per heavy atom. The maximum Gasteiger partial charge on any atom is 0.471 e. The van der Waals surface area contributed by atoms with Crippen LogP contribution >= 0.6 is 11.3 Å². The second kappa shape index (κ2) is 9.31. The number of fused-ring (bicyclic) bond motifs is 2. The molecule has 2 aromatic rings. The van der Waals surface area contributed by atoms with E-state index in [1.807, 2.05) is 13.8 Å². The molecule has 2 aromatic heterocycles. The molecule has 15 heteroatoms. The third-order valence-corrected chi connectivity index (χ3v) is 8.35. The summed E-state index contributed by atoms with van der Waals surface area (Å²) in [5, 5.41) is 5.90. The minimum atomic E-state index is -5.21. The smallest absolute Gasteiger partial charge is 0.368 e. The number of thiazole rings is 1. The number of hydrogen-bond acceptors (Lipinski definition) is 7. The Kier molecular flexibility index (Phi) is 6.81. The molecule has 3 heterocycles. The highest BCUT2D eigenvalue weighted by atomic mass is 32.1. The van der Waals surface area contributed by atoms with Gasteiger partial charge in [-0.15, -0.1) is 11.3 Å². The number of nitrogens with one attached hydrogen (secondary N) is 2. The Balaban J connectivity index is 1.65. The van der Waals surface area contributed by atoms with Gasteiger partial charge >= 0.3 is 12.1 Å². The number of rotatable bonds is 6. The van der Waals surface area contributed by atoms with Crippen LogP contribution in [0.5, 0.6) is 0 Å². The van der Waals surface area contributed by atoms with E-state index in [0.717, 1.165) is 22.3 Å². The Morgan fingerprint density at radius 1 is 1.18 bits per heavy atom. The molecule has 2 aliphatic rings. The topological polar surface area (TPSA) is 156 Å². The van der Waals surface area contributed by atoms with Crippen LogP contribution in [0.1, 0.15) is 46.4 Å². The van der Waals surface area contributed by atoms with Crippen LogP contribution in [0.2, 0.25) is 0 Å². The molecule has 4 amide bonds. The van der Waals surface area contributed by atoms with Gasteiger partial charge < -0.3 is 21.3 Å². The molecule has 5 atom stereocenters. The Morgan fingerprint density at radius 2 is 1.82 bits per heavy atom. The van der Waals surface area contributed by atoms with E-state index in [0.29, 0.717) is 0 Å². The van der Waals surface area contributed by atoms with Gasteiger partial charge in [-0.05, 0) is 22.7 Å². The molecule has 11 nitrogen and oxygen atoms in total. The largest absolute Gasteiger partial charge is 0.471 e. The number of primary amides is 1. The zero-order valence-electron chi connectivity index (χ0n) is 21.8. The molecule has 4 rings (SSSR count). The minimum Gasteiger partial charge on any atom is -0.368 e. The van der Waals surface area contributed by atoms with Crippen LogP contribution in [0, 0.1) is 22.7 Å². The van der Waals surface area contributed by atoms with Crippen molar-refractivity contribution < 1.29 is 32.3 Å². The van der Waals surface area contributed by atoms with Crippen molar-refractivity contribution in [3.63, 3.8) is 0 Å². The summed E-state index contributed by atoms with van der Waals surface area (Å²) in [5.41, 5.74) is 3.48. The molecule has 1 unspecified atom stereocenters. The number of carbonyl (C=O) groups excluding carboxylic acids is 4. The summed E-state index contributed by atoms with van der Waals surface area (Å²) in [6.45, 7) is 8.36. The fraction of sp³-hybridized carbons (Fsp3) is 0.583. The first-order valence-corrected chi connectivity index (χ1v) is 13.0. The van der Waals surface area contributed by atoms with Gasteiger partial charge in [0.05, 0.1) is 5.69 Å². The molecule has 0 radical (unpaired) electrons. The van der Waals surface area contributed by atoms with Crippen LogP contribution in [0.4, 0.5) is 13.2 Å². The van der Waals surface area contributed by atoms with E-state index in [9.17, 15) is 37.1 Å². The van der Waals surface area contributed by atoms with Crippen LogP contribution in [-0.4, -0.2) is 62.7 Å². The number of nitrogens with two attached hydrogens (primary N) is 1. The van der Waals surface area contributed by atoms with Crippen molar-refractivity contribution >= 4 is 39.9 Å². The predicted molar refractivity (Wildman–Crippen MR) is 133 cm³/mol. The molecular weight excluding hydrogens is 541 g/mol. The van der Waals surface area contributed by atoms with E-state index < -0.39 is 58.9 Å². The number of amides is 4. The van der Waals surface area contributed by atoms with Crippen LogP contribution in [0.25, 0.3) is 4.96 Å². The maximum absolute atomic E-state index is 13.6. The van der Waals surface area contributed by atoms with Crippen molar-refractivity contribution in [3.05, 3.63) is 33.7 Å². The lowest BCUT2D eigenvalue weighted by atomic mass is 9.85. The molecule has 1 saturated carbocycles. The molecule has 1 saturated heterocycles. The lowest BCUT2D eigenvalue weighted by molar-refractivity contribution is -0.176. The summed E-state index contributed by atoms with van der Waals surface area (Å²) in [7, 11) is 0. The van der Waals surface area contributed by atoms with Gasteiger partial charge in [0.15, 0.2) is 11.0 Å². The van der Waals surface area contributed by atoms with Crippen molar-refractivity contribution in [1.29, 1.82) is 0 Å². The average molecular weight is 571 g/mol. The number of aromatic nitrogens is 2. The second-order valence-corrected chi connectivity index (χ2v) is 12.5. The number of likely N-dealkylation sites (tertiary alicyclic amines) is 1. The third kappa shape index (κ3) is 5.11. The van der Waals surface area contributed by atoms with Crippen molar-refractivity contribution in [2.45, 2.75) is 58.9 Å². The molecule has 1 aliphatic heterocycles. The van der Waals surface area contributed by atoms with Gasteiger partial charge in [0.2, 0.25) is 17.7 Å². The van der Waals surface area contributed by atoms with Gasteiger partial charge in [0.1, 0.15) is 12.1 Å². The maximum atomic E-state index is 13.6. The van der Waals surface area contributed by atoms with Gasteiger partial charge in [-0.2, -0.15) is 13.2 Å². The highest BCUT2D eigenvalue weighted by Gasteiger charge is 2.70. The monoisotopic (exact) mass is 570 g/mol. The van der Waals surface area contributed by atoms with Gasteiger partial charge in [-0.3, -0.25) is 28.4 Å². The highest BCUT2D eigenvalue weighted by Crippen LogP contribution is 2.65. The van der Waals surface area contributed by atoms with E-state index in [1.165, 1.54) is 31.4 Å². The predicted octanol–water partition coefficient (Wildman–Crippen LogP) is 0.975. The standard InChI is InChI=1S/C24H29F3N6O5S/c1-22(2,3)16(31-20(38)24(25,26)27)19(37)33-9-10-13(23(10,4)5)15(33)18(36)30-14(17(28)35)11-8-12(34)32-6-7-39-21(32)29-11/h6-8,10,13-16H,9H2,1-5H3,(H2,28,35)(H,30,36)(H,31,38)/t10-,13-,14?,15-,16+/m0/s1. The van der Waals surface area contributed by atoms with Crippen LogP contribution in [0.3, 0.4) is 0 Å². The van der Waals surface area contributed by atoms with Crippen molar-refractivity contribution in [2.24, 2.45) is 28.4 Å². The first-order valence-electron chi connectivity index (χ1n) is 12.1. The van der Waals surface area contributed by atoms with E-state index in [-0.39, 0.29) is 34.5 Å². The zero-order chi connectivity index (χ0) is 29.2. The van der Waals surface area contributed by atoms with E-state index in [1.54, 1.807) is 10.7 Å². The molecule has 1 aliphatic carbocycles. The fourth-order valence-electron chi connectivity index (χ4n) is 5.37.